The number of carbonyl (C=O) groups is 2. The fourth-order valence-corrected chi connectivity index (χ4v) is 3.60. The molecule has 0 aromatic rings. The summed E-state index contributed by atoms with van der Waals surface area (Å²) in [5.74, 6) is 0.0291. The third-order valence-corrected chi connectivity index (χ3v) is 4.91. The van der Waals surface area contributed by atoms with Crippen LogP contribution in [0.25, 0.3) is 0 Å². The number of hydrogen-bond donors (Lipinski definition) is 1. The van der Waals surface area contributed by atoms with Gasteiger partial charge in [-0.05, 0) is 37.0 Å². The number of carboxylic acid groups (broad SMARTS) is 1. The predicted molar refractivity (Wildman–Crippen MR) is 72.5 cm³/mol. The van der Waals surface area contributed by atoms with Gasteiger partial charge >= 0.3 is 5.97 Å². The molecule has 1 aliphatic heterocycles. The van der Waals surface area contributed by atoms with Crippen molar-refractivity contribution in [3.05, 3.63) is 0 Å². The number of aliphatic carboxylic acids is 1. The minimum Gasteiger partial charge on any atom is -0.481 e. The molecule has 0 spiro atoms. The van der Waals surface area contributed by atoms with Crippen LogP contribution in [-0.2, 0) is 9.59 Å². The van der Waals surface area contributed by atoms with Crippen molar-refractivity contribution >= 4 is 11.9 Å². The van der Waals surface area contributed by atoms with Gasteiger partial charge in [-0.25, -0.2) is 0 Å². The Balaban J connectivity index is 2.01. The van der Waals surface area contributed by atoms with Crippen molar-refractivity contribution in [3.63, 3.8) is 0 Å². The molecule has 1 saturated carbocycles. The predicted octanol–water partition coefficient (Wildman–Crippen LogP) is 2.24. The Hall–Kier alpha value is -1.06. The molecule has 4 atom stereocenters. The lowest BCUT2D eigenvalue weighted by atomic mass is 9.94. The molecular formula is C15H25NO3. The molecule has 0 radical (unpaired) electrons. The van der Waals surface area contributed by atoms with Gasteiger partial charge in [-0.3, -0.25) is 9.59 Å². The Morgan fingerprint density at radius 1 is 1.21 bits per heavy atom. The van der Waals surface area contributed by atoms with Crippen LogP contribution in [0.4, 0.5) is 0 Å². The number of hydrogen-bond acceptors (Lipinski definition) is 2. The topological polar surface area (TPSA) is 57.6 Å². The van der Waals surface area contributed by atoms with Crippen LogP contribution < -0.4 is 0 Å². The quantitative estimate of drug-likeness (QED) is 0.853. The monoisotopic (exact) mass is 267 g/mol. The third-order valence-electron chi connectivity index (χ3n) is 4.91. The van der Waals surface area contributed by atoms with Gasteiger partial charge in [0.15, 0.2) is 0 Å². The Kier molecular flexibility index (Phi) is 4.16. The molecule has 19 heavy (non-hydrogen) atoms. The summed E-state index contributed by atoms with van der Waals surface area (Å²) in [7, 11) is 0. The van der Waals surface area contributed by atoms with E-state index in [1.807, 2.05) is 11.8 Å². The Labute approximate surface area is 115 Å². The van der Waals surface area contributed by atoms with Crippen molar-refractivity contribution in [2.45, 2.75) is 40.0 Å². The van der Waals surface area contributed by atoms with E-state index >= 15 is 0 Å². The Bertz CT molecular complexity index is 366. The summed E-state index contributed by atoms with van der Waals surface area (Å²) >= 11 is 0. The molecule has 2 aliphatic rings. The normalized spacial score (nSPS) is 35.1. The van der Waals surface area contributed by atoms with Crippen molar-refractivity contribution in [3.8, 4) is 0 Å². The van der Waals surface area contributed by atoms with Crippen LogP contribution in [-0.4, -0.2) is 35.0 Å². The molecule has 1 saturated heterocycles. The molecule has 0 aromatic carbocycles. The average Bonchev–Trinajstić information content (AvgIpc) is 2.94. The van der Waals surface area contributed by atoms with Gasteiger partial charge in [0, 0.05) is 13.1 Å². The van der Waals surface area contributed by atoms with E-state index in [-0.39, 0.29) is 11.8 Å². The zero-order valence-electron chi connectivity index (χ0n) is 12.1. The number of likely N-dealkylation sites (tertiary alicyclic amines) is 1. The average molecular weight is 267 g/mol. The SMILES string of the molecule is CC1CC(C(=O)O)C(C(=O)N2CCC(C(C)C)C2)C1. The molecule has 0 bridgehead atoms. The molecule has 4 unspecified atom stereocenters. The van der Waals surface area contributed by atoms with E-state index in [0.29, 0.717) is 24.2 Å². The highest BCUT2D eigenvalue weighted by molar-refractivity contribution is 5.85. The number of carbonyl (C=O) groups excluding carboxylic acids is 1. The lowest BCUT2D eigenvalue weighted by Crippen LogP contribution is -2.38. The summed E-state index contributed by atoms with van der Waals surface area (Å²) in [6.45, 7) is 8.05. The minimum atomic E-state index is -0.803. The highest BCUT2D eigenvalue weighted by atomic mass is 16.4. The van der Waals surface area contributed by atoms with Crippen molar-refractivity contribution in [2.24, 2.45) is 29.6 Å². The zero-order chi connectivity index (χ0) is 14.2. The first-order valence-corrected chi connectivity index (χ1v) is 7.41. The van der Waals surface area contributed by atoms with Gasteiger partial charge in [0.05, 0.1) is 11.8 Å². The molecule has 4 heteroatoms. The van der Waals surface area contributed by atoms with Gasteiger partial charge in [-0.15, -0.1) is 0 Å². The van der Waals surface area contributed by atoms with Crippen LogP contribution in [0.15, 0.2) is 0 Å². The third kappa shape index (κ3) is 2.93. The fourth-order valence-electron chi connectivity index (χ4n) is 3.60. The van der Waals surface area contributed by atoms with Crippen LogP contribution in [0.2, 0.25) is 0 Å². The first-order chi connectivity index (χ1) is 8.90. The van der Waals surface area contributed by atoms with E-state index in [1.54, 1.807) is 0 Å². The van der Waals surface area contributed by atoms with E-state index in [0.717, 1.165) is 25.9 Å². The maximum Gasteiger partial charge on any atom is 0.307 e. The highest BCUT2D eigenvalue weighted by Gasteiger charge is 2.44. The molecule has 1 N–H and O–H groups in total. The van der Waals surface area contributed by atoms with Crippen LogP contribution in [0, 0.1) is 29.6 Å². The molecule has 4 nitrogen and oxygen atoms in total. The summed E-state index contributed by atoms with van der Waals surface area (Å²) in [6, 6.07) is 0. The second kappa shape index (κ2) is 5.51. The second-order valence-corrected chi connectivity index (χ2v) is 6.70. The number of nitrogens with zero attached hydrogens (tertiary/aromatic N) is 1. The Morgan fingerprint density at radius 3 is 2.37 bits per heavy atom. The summed E-state index contributed by atoms with van der Waals surface area (Å²) in [4.78, 5) is 25.7. The molecule has 1 heterocycles. The zero-order valence-corrected chi connectivity index (χ0v) is 12.1. The first-order valence-electron chi connectivity index (χ1n) is 7.41. The molecule has 2 fully saturated rings. The van der Waals surface area contributed by atoms with Gasteiger partial charge in [0.1, 0.15) is 0 Å². The smallest absolute Gasteiger partial charge is 0.307 e. The lowest BCUT2D eigenvalue weighted by Gasteiger charge is -2.23. The molecule has 1 aliphatic carbocycles. The lowest BCUT2D eigenvalue weighted by molar-refractivity contribution is -0.148. The number of carboxylic acids is 1. The highest BCUT2D eigenvalue weighted by Crippen LogP contribution is 2.38. The fraction of sp³-hybridized carbons (Fsp3) is 0.867. The maximum absolute atomic E-state index is 12.5. The molecule has 108 valence electrons. The van der Waals surface area contributed by atoms with E-state index in [2.05, 4.69) is 13.8 Å². The summed E-state index contributed by atoms with van der Waals surface area (Å²) < 4.78 is 0. The van der Waals surface area contributed by atoms with Gasteiger partial charge < -0.3 is 10.0 Å². The van der Waals surface area contributed by atoms with E-state index in [9.17, 15) is 14.7 Å². The van der Waals surface area contributed by atoms with Crippen LogP contribution in [0.5, 0.6) is 0 Å². The van der Waals surface area contributed by atoms with Crippen LogP contribution >= 0.6 is 0 Å². The number of amides is 1. The molecular weight excluding hydrogens is 242 g/mol. The van der Waals surface area contributed by atoms with Crippen molar-refractivity contribution in [1.29, 1.82) is 0 Å². The maximum atomic E-state index is 12.5. The van der Waals surface area contributed by atoms with Crippen LogP contribution in [0.1, 0.15) is 40.0 Å². The molecule has 0 aromatic heterocycles. The van der Waals surface area contributed by atoms with E-state index in [4.69, 9.17) is 0 Å². The van der Waals surface area contributed by atoms with E-state index in [1.165, 1.54) is 0 Å². The van der Waals surface area contributed by atoms with Crippen molar-refractivity contribution in [1.82, 2.24) is 4.90 Å². The minimum absolute atomic E-state index is 0.0832. The molecule has 1 amide bonds. The Morgan fingerprint density at radius 2 is 1.84 bits per heavy atom. The standard InChI is InChI=1S/C15H25NO3/c1-9(2)11-4-5-16(8-11)14(17)12-6-10(3)7-13(12)15(18)19/h9-13H,4-8H2,1-3H3,(H,18,19). The summed E-state index contributed by atoms with van der Waals surface area (Å²) in [6.07, 6.45) is 2.44. The van der Waals surface area contributed by atoms with Gasteiger partial charge in [0.25, 0.3) is 0 Å². The molecule has 2 rings (SSSR count). The van der Waals surface area contributed by atoms with E-state index < -0.39 is 11.9 Å². The number of rotatable bonds is 3. The van der Waals surface area contributed by atoms with Crippen molar-refractivity contribution in [2.75, 3.05) is 13.1 Å². The van der Waals surface area contributed by atoms with Gasteiger partial charge in [0.2, 0.25) is 5.91 Å². The summed E-state index contributed by atoms with van der Waals surface area (Å²) in [5, 5.41) is 9.26. The van der Waals surface area contributed by atoms with Crippen LogP contribution in [0.3, 0.4) is 0 Å². The largest absolute Gasteiger partial charge is 0.481 e. The second-order valence-electron chi connectivity index (χ2n) is 6.70. The van der Waals surface area contributed by atoms with Gasteiger partial charge in [-0.2, -0.15) is 0 Å². The summed E-state index contributed by atoms with van der Waals surface area (Å²) in [5.41, 5.74) is 0. The van der Waals surface area contributed by atoms with Crippen molar-refractivity contribution < 1.29 is 14.7 Å². The van der Waals surface area contributed by atoms with Gasteiger partial charge in [-0.1, -0.05) is 20.8 Å². The first kappa shape index (κ1) is 14.4.